The fraction of sp³-hybridized carbons (Fsp3) is 0.750. The molecule has 0 saturated carbocycles. The summed E-state index contributed by atoms with van der Waals surface area (Å²) in [5.74, 6) is 1.73. The van der Waals surface area contributed by atoms with Crippen LogP contribution in [0.4, 0.5) is 4.79 Å². The predicted octanol–water partition coefficient (Wildman–Crippen LogP) is 1.84. The van der Waals surface area contributed by atoms with Gasteiger partial charge in [0.25, 0.3) is 0 Å². The van der Waals surface area contributed by atoms with Crippen LogP contribution in [0.1, 0.15) is 47.0 Å². The third kappa shape index (κ3) is 5.23. The summed E-state index contributed by atoms with van der Waals surface area (Å²) in [5, 5.41) is 12.3. The summed E-state index contributed by atoms with van der Waals surface area (Å²) in [5.41, 5.74) is -1.24. The molecule has 1 aliphatic heterocycles. The second kappa shape index (κ2) is 7.01. The Hall–Kier alpha value is -1.74. The molecule has 6 heteroatoms. The largest absolute Gasteiger partial charge is 0.481 e. The third-order valence-electron chi connectivity index (χ3n) is 3.39. The molecule has 0 bridgehead atoms. The highest BCUT2D eigenvalue weighted by atomic mass is 16.6. The smallest absolute Gasteiger partial charge is 0.410 e. The number of amides is 1. The van der Waals surface area contributed by atoms with Crippen LogP contribution < -0.4 is 5.32 Å². The van der Waals surface area contributed by atoms with Gasteiger partial charge in [-0.15, -0.1) is 6.42 Å². The number of nitrogens with zero attached hydrogens (tertiary/aromatic N) is 1. The van der Waals surface area contributed by atoms with E-state index in [0.29, 0.717) is 0 Å². The molecule has 124 valence electrons. The normalized spacial score (nSPS) is 18.0. The number of aliphatic carboxylic acids is 1. The molecule has 1 heterocycles. The van der Waals surface area contributed by atoms with Gasteiger partial charge in [0.15, 0.2) is 0 Å². The topological polar surface area (TPSA) is 78.9 Å². The zero-order chi connectivity index (χ0) is 17.0. The van der Waals surface area contributed by atoms with Gasteiger partial charge in [0, 0.05) is 13.1 Å². The molecule has 0 spiro atoms. The molecule has 1 unspecified atom stereocenters. The molecule has 1 atom stereocenters. The van der Waals surface area contributed by atoms with Crippen LogP contribution in [-0.2, 0) is 9.53 Å². The van der Waals surface area contributed by atoms with E-state index < -0.39 is 23.2 Å². The van der Waals surface area contributed by atoms with Crippen LogP contribution >= 0.6 is 0 Å². The van der Waals surface area contributed by atoms with Crippen molar-refractivity contribution < 1.29 is 19.4 Å². The number of carboxylic acids is 1. The number of carboxylic acid groups (broad SMARTS) is 1. The quantitative estimate of drug-likeness (QED) is 0.732. The van der Waals surface area contributed by atoms with Crippen molar-refractivity contribution in [2.24, 2.45) is 0 Å². The average molecular weight is 310 g/mol. The lowest BCUT2D eigenvalue weighted by atomic mass is 9.85. The molecule has 1 aliphatic rings. The summed E-state index contributed by atoms with van der Waals surface area (Å²) in [7, 11) is 0. The van der Waals surface area contributed by atoms with Gasteiger partial charge in [0.2, 0.25) is 0 Å². The number of carbonyl (C=O) groups is 2. The molecule has 0 aromatic heterocycles. The monoisotopic (exact) mass is 310 g/mol. The van der Waals surface area contributed by atoms with Crippen LogP contribution in [0, 0.1) is 12.3 Å². The molecule has 0 aromatic rings. The summed E-state index contributed by atoms with van der Waals surface area (Å²) in [6.45, 7) is 7.98. The van der Waals surface area contributed by atoms with Gasteiger partial charge in [-0.05, 0) is 27.2 Å². The number of carbonyl (C=O) groups excluding carboxylic acids is 1. The van der Waals surface area contributed by atoms with Gasteiger partial charge in [0.05, 0.1) is 18.0 Å². The van der Waals surface area contributed by atoms with Crippen molar-refractivity contribution in [1.82, 2.24) is 10.2 Å². The van der Waals surface area contributed by atoms with E-state index >= 15 is 0 Å². The highest BCUT2D eigenvalue weighted by Crippen LogP contribution is 2.27. The Balaban J connectivity index is 2.69. The van der Waals surface area contributed by atoms with Crippen molar-refractivity contribution in [3.63, 3.8) is 0 Å². The van der Waals surface area contributed by atoms with Crippen molar-refractivity contribution in [2.75, 3.05) is 13.1 Å². The number of ether oxygens (including phenoxy) is 1. The first kappa shape index (κ1) is 18.3. The maximum Gasteiger partial charge on any atom is 0.410 e. The molecule has 0 radical (unpaired) electrons. The van der Waals surface area contributed by atoms with E-state index in [0.717, 1.165) is 12.8 Å². The number of hydrogen-bond donors (Lipinski definition) is 2. The van der Waals surface area contributed by atoms with Gasteiger partial charge in [-0.1, -0.05) is 19.3 Å². The lowest BCUT2D eigenvalue weighted by molar-refractivity contribution is -0.141. The van der Waals surface area contributed by atoms with Gasteiger partial charge in [-0.2, -0.15) is 0 Å². The van der Waals surface area contributed by atoms with Gasteiger partial charge < -0.3 is 14.7 Å². The first-order valence-electron chi connectivity index (χ1n) is 7.54. The summed E-state index contributed by atoms with van der Waals surface area (Å²) < 4.78 is 5.29. The summed E-state index contributed by atoms with van der Waals surface area (Å²) >= 11 is 0. The van der Waals surface area contributed by atoms with Crippen LogP contribution in [-0.4, -0.2) is 52.3 Å². The minimum atomic E-state index is -0.913. The molecule has 0 aliphatic carbocycles. The van der Waals surface area contributed by atoms with E-state index in [9.17, 15) is 9.59 Å². The highest BCUT2D eigenvalue weighted by Gasteiger charge is 2.48. The number of likely N-dealkylation sites (tertiary alicyclic amines) is 1. The number of terminal acetylenes is 1. The second-order valence-electron chi connectivity index (χ2n) is 6.84. The standard InChI is InChI=1S/C16H26N2O4/c1-6-8-12(7-2)17-16(9-13(19)20)10-18(11-16)14(21)22-15(3,4)5/h2,12,17H,6,8-11H2,1,3-5H3,(H,19,20). The van der Waals surface area contributed by atoms with E-state index in [-0.39, 0.29) is 25.6 Å². The summed E-state index contributed by atoms with van der Waals surface area (Å²) in [4.78, 5) is 24.6. The average Bonchev–Trinajstić information content (AvgIpc) is 2.31. The minimum absolute atomic E-state index is 0.0752. The van der Waals surface area contributed by atoms with E-state index in [2.05, 4.69) is 11.2 Å². The number of rotatable bonds is 6. The maximum absolute atomic E-state index is 12.0. The number of nitrogens with one attached hydrogen (secondary N) is 1. The first-order valence-corrected chi connectivity index (χ1v) is 7.54. The molecule has 2 N–H and O–H groups in total. The fourth-order valence-corrected chi connectivity index (χ4v) is 2.54. The highest BCUT2D eigenvalue weighted by molar-refractivity contribution is 5.73. The predicted molar refractivity (Wildman–Crippen MR) is 83.5 cm³/mol. The van der Waals surface area contributed by atoms with Crippen molar-refractivity contribution in [2.45, 2.75) is 64.1 Å². The molecule has 22 heavy (non-hydrogen) atoms. The Labute approximate surface area is 132 Å². The summed E-state index contributed by atoms with van der Waals surface area (Å²) in [6.07, 6.45) is 6.66. The lowest BCUT2D eigenvalue weighted by Crippen LogP contribution is -2.72. The molecular weight excluding hydrogens is 284 g/mol. The Kier molecular flexibility index (Phi) is 5.84. The molecule has 1 rings (SSSR count). The van der Waals surface area contributed by atoms with Crippen LogP contribution in [0.2, 0.25) is 0 Å². The molecule has 6 nitrogen and oxygen atoms in total. The van der Waals surface area contributed by atoms with Gasteiger partial charge >= 0.3 is 12.1 Å². The molecule has 1 fully saturated rings. The van der Waals surface area contributed by atoms with Crippen molar-refractivity contribution in [3.8, 4) is 12.3 Å². The maximum atomic E-state index is 12.0. The Morgan fingerprint density at radius 1 is 1.45 bits per heavy atom. The molecule has 1 amide bonds. The van der Waals surface area contributed by atoms with Crippen LogP contribution in [0.3, 0.4) is 0 Å². The third-order valence-corrected chi connectivity index (χ3v) is 3.39. The first-order chi connectivity index (χ1) is 10.1. The van der Waals surface area contributed by atoms with Crippen molar-refractivity contribution in [3.05, 3.63) is 0 Å². The Morgan fingerprint density at radius 3 is 2.45 bits per heavy atom. The molecule has 1 saturated heterocycles. The van der Waals surface area contributed by atoms with Crippen LogP contribution in [0.25, 0.3) is 0 Å². The van der Waals surface area contributed by atoms with E-state index in [1.807, 2.05) is 6.92 Å². The number of hydrogen-bond acceptors (Lipinski definition) is 4. The van der Waals surface area contributed by atoms with E-state index in [1.165, 1.54) is 4.90 Å². The van der Waals surface area contributed by atoms with Crippen molar-refractivity contribution >= 4 is 12.1 Å². The zero-order valence-electron chi connectivity index (χ0n) is 13.8. The Morgan fingerprint density at radius 2 is 2.05 bits per heavy atom. The van der Waals surface area contributed by atoms with E-state index in [1.54, 1.807) is 20.8 Å². The van der Waals surface area contributed by atoms with Crippen LogP contribution in [0.15, 0.2) is 0 Å². The lowest BCUT2D eigenvalue weighted by Gasteiger charge is -2.50. The Bertz CT molecular complexity index is 456. The fourth-order valence-electron chi connectivity index (χ4n) is 2.54. The minimum Gasteiger partial charge on any atom is -0.481 e. The van der Waals surface area contributed by atoms with Crippen LogP contribution in [0.5, 0.6) is 0 Å². The van der Waals surface area contributed by atoms with Crippen molar-refractivity contribution in [1.29, 1.82) is 0 Å². The summed E-state index contributed by atoms with van der Waals surface area (Å²) in [6, 6.07) is -0.190. The second-order valence-corrected chi connectivity index (χ2v) is 6.84. The molecule has 0 aromatic carbocycles. The zero-order valence-corrected chi connectivity index (χ0v) is 13.8. The van der Waals surface area contributed by atoms with Gasteiger partial charge in [-0.25, -0.2) is 4.79 Å². The van der Waals surface area contributed by atoms with Gasteiger partial charge in [0.1, 0.15) is 5.60 Å². The van der Waals surface area contributed by atoms with E-state index in [4.69, 9.17) is 16.3 Å². The SMILES string of the molecule is C#CC(CCC)NC1(CC(=O)O)CN(C(=O)OC(C)(C)C)C1. The molecular formula is C16H26N2O4. The van der Waals surface area contributed by atoms with Gasteiger partial charge in [-0.3, -0.25) is 10.1 Å².